The average molecular weight is 1090 g/mol. The lowest BCUT2D eigenvalue weighted by Crippen LogP contribution is -2.60. The number of aromatic hydroxyl groups is 1. The molecule has 0 aromatic heterocycles. The first-order valence-electron chi connectivity index (χ1n) is 27.0. The molecule has 0 aliphatic carbocycles. The van der Waals surface area contributed by atoms with Crippen LogP contribution < -0.4 is 59.5 Å². The Hall–Kier alpha value is -7.46. The van der Waals surface area contributed by atoms with Gasteiger partial charge in [0.25, 0.3) is 5.91 Å². The van der Waals surface area contributed by atoms with Crippen molar-refractivity contribution in [3.8, 4) is 5.75 Å². The molecule has 0 unspecified atom stereocenters. The average Bonchev–Trinajstić information content (AvgIpc) is 3.41. The number of hydrogen-bond acceptors (Lipinski definition) is 12. The third-order valence-electron chi connectivity index (χ3n) is 12.8. The molecule has 0 aliphatic heterocycles. The minimum atomic E-state index is -1.36. The minimum Gasteiger partial charge on any atom is -0.508 e. The van der Waals surface area contributed by atoms with E-state index in [2.05, 4.69) is 48.1 Å². The number of rotatable bonds is 38. The topological polar surface area (TPSA) is 334 Å². The monoisotopic (exact) mass is 1090 g/mol. The SMILES string of the molecule is CCCC[C@H](NNC=O)C(=O)N[C@@H](CC(C)C)C(=O)N[C@@H](Cc1ccccc1)C(=O)N[C@@H](CCCC)C(=O)N[C@@H](Cc1ccc(O)cc1)C(=O)N[C@H](CCCCN)C(=O)N[C@H](CCCCNC(=O)c1ccc([18F])cc1)C(N)=O. The van der Waals surface area contributed by atoms with Crippen LogP contribution in [0.15, 0.2) is 78.9 Å². The number of phenolic OH excluding ortho intramolecular Hbond substituents is 1. The van der Waals surface area contributed by atoms with Crippen LogP contribution in [0.25, 0.3) is 0 Å². The molecule has 0 heterocycles. The second kappa shape index (κ2) is 35.8. The van der Waals surface area contributed by atoms with Gasteiger partial charge in [0.15, 0.2) is 0 Å². The highest BCUT2D eigenvalue weighted by Crippen LogP contribution is 2.15. The molecule has 78 heavy (non-hydrogen) atoms. The third-order valence-corrected chi connectivity index (χ3v) is 12.8. The molecular formula is C56H82FN11O10. The predicted molar refractivity (Wildman–Crippen MR) is 293 cm³/mol. The van der Waals surface area contributed by atoms with Crippen molar-refractivity contribution >= 4 is 53.7 Å². The van der Waals surface area contributed by atoms with Crippen LogP contribution in [0.1, 0.15) is 133 Å². The van der Waals surface area contributed by atoms with Crippen LogP contribution in [0.3, 0.4) is 0 Å². The van der Waals surface area contributed by atoms with Gasteiger partial charge in [-0.05, 0) is 118 Å². The fourth-order valence-corrected chi connectivity index (χ4v) is 8.39. The molecule has 3 aromatic rings. The summed E-state index contributed by atoms with van der Waals surface area (Å²) in [7, 11) is 0. The van der Waals surface area contributed by atoms with Gasteiger partial charge in [-0.25, -0.2) is 9.82 Å². The number of unbranched alkanes of at least 4 members (excludes halogenated alkanes) is 4. The molecule has 14 N–H and O–H groups in total. The van der Waals surface area contributed by atoms with Gasteiger partial charge in [0.2, 0.25) is 47.8 Å². The van der Waals surface area contributed by atoms with E-state index in [1.54, 1.807) is 42.5 Å². The number of nitrogens with two attached hydrogens (primary N) is 2. The Kier molecular flexibility index (Phi) is 29.7. The quantitative estimate of drug-likeness (QED) is 0.0224. The normalized spacial score (nSPS) is 13.7. The summed E-state index contributed by atoms with van der Waals surface area (Å²) in [6.07, 6.45) is 5.33. The minimum absolute atomic E-state index is 0.0000144. The van der Waals surface area contributed by atoms with Crippen molar-refractivity contribution in [2.24, 2.45) is 17.4 Å². The number of phenols is 1. The number of hydrazine groups is 1. The van der Waals surface area contributed by atoms with E-state index in [4.69, 9.17) is 11.5 Å². The highest BCUT2D eigenvalue weighted by Gasteiger charge is 2.34. The van der Waals surface area contributed by atoms with Gasteiger partial charge in [-0.3, -0.25) is 48.6 Å². The maximum atomic E-state index is 14.5. The molecule has 0 bridgehead atoms. The lowest BCUT2D eigenvalue weighted by molar-refractivity contribution is -0.135. The molecule has 0 radical (unpaired) electrons. The lowest BCUT2D eigenvalue weighted by Gasteiger charge is -2.28. The Labute approximate surface area is 456 Å². The van der Waals surface area contributed by atoms with Crippen LogP contribution in [0.5, 0.6) is 5.75 Å². The Morgan fingerprint density at radius 1 is 0.551 bits per heavy atom. The molecular weight excluding hydrogens is 1000 g/mol. The molecule has 9 amide bonds. The summed E-state index contributed by atoms with van der Waals surface area (Å²) < 4.78 is 13.3. The van der Waals surface area contributed by atoms with Gasteiger partial charge in [0.1, 0.15) is 53.9 Å². The van der Waals surface area contributed by atoms with Crippen molar-refractivity contribution in [2.45, 2.75) is 166 Å². The van der Waals surface area contributed by atoms with Gasteiger partial charge in [0.05, 0.1) is 0 Å². The van der Waals surface area contributed by atoms with E-state index in [-0.39, 0.29) is 68.8 Å². The Morgan fingerprint density at radius 2 is 1.00 bits per heavy atom. The summed E-state index contributed by atoms with van der Waals surface area (Å²) in [5.74, 6) is -5.98. The largest absolute Gasteiger partial charge is 0.508 e. The Balaban J connectivity index is 1.88. The molecule has 428 valence electrons. The first-order chi connectivity index (χ1) is 37.4. The van der Waals surface area contributed by atoms with Crippen LogP contribution >= 0.6 is 0 Å². The van der Waals surface area contributed by atoms with Crippen LogP contribution in [0.4, 0.5) is 4.39 Å². The van der Waals surface area contributed by atoms with Gasteiger partial charge in [-0.1, -0.05) is 95.8 Å². The van der Waals surface area contributed by atoms with Crippen LogP contribution in [0, 0.1) is 11.7 Å². The first kappa shape index (κ1) is 64.8. The number of primary amides is 1. The van der Waals surface area contributed by atoms with Gasteiger partial charge in [0, 0.05) is 24.9 Å². The molecule has 3 rings (SSSR count). The second-order valence-corrected chi connectivity index (χ2v) is 19.7. The molecule has 0 fully saturated rings. The number of benzene rings is 3. The molecule has 21 nitrogen and oxygen atoms in total. The van der Waals surface area contributed by atoms with Crippen molar-refractivity contribution in [3.05, 3.63) is 101 Å². The molecule has 0 aliphatic rings. The second-order valence-electron chi connectivity index (χ2n) is 19.7. The van der Waals surface area contributed by atoms with E-state index < -0.39 is 95.4 Å². The lowest BCUT2D eigenvalue weighted by atomic mass is 9.99. The highest BCUT2D eigenvalue weighted by atomic mass is 18.2. The van der Waals surface area contributed by atoms with E-state index in [1.807, 2.05) is 27.7 Å². The summed E-state index contributed by atoms with van der Waals surface area (Å²) >= 11 is 0. The molecule has 3 aromatic carbocycles. The van der Waals surface area contributed by atoms with Crippen molar-refractivity contribution in [3.63, 3.8) is 0 Å². The smallest absolute Gasteiger partial charge is 0.251 e. The summed E-state index contributed by atoms with van der Waals surface area (Å²) in [6, 6.07) is 11.7. The van der Waals surface area contributed by atoms with E-state index in [0.29, 0.717) is 68.9 Å². The molecule has 0 spiro atoms. The van der Waals surface area contributed by atoms with Crippen LogP contribution in [-0.2, 0) is 51.2 Å². The molecule has 22 heteroatoms. The standard InChI is InChI=1S/C56H82FN11O10/c1-5-7-18-43(63-55(77)47(33-37-16-10-9-11-17-37)67-54(76)46(32-36(3)4)65-53(75)45(19-8-6-2)68-61-35-69)52(74)66-48(34-38-22-28-41(70)29-23-38)56(78)64-44(21-12-14-30-58)51(73)62-42(49(59)71)20-13-15-31-60-50(72)39-24-26-40(57)27-25-39/h9-11,16-17,22-29,35-36,42-48,68,70H,5-8,12-15,18-21,30-34,58H2,1-4H3,(H2,59,71)(H,60,72)(H,61,69)(H,62,73)(H,63,77)(H,64,78)(H,65,75)(H,66,74)(H,67,76)/t42-,43+,44-,45+,46+,47+,48+/m1/s1/i57-1. The van der Waals surface area contributed by atoms with E-state index >= 15 is 0 Å². The zero-order chi connectivity index (χ0) is 57.4. The van der Waals surface area contributed by atoms with Crippen molar-refractivity contribution < 1.29 is 52.6 Å². The van der Waals surface area contributed by atoms with E-state index in [1.165, 1.54) is 36.4 Å². The van der Waals surface area contributed by atoms with Gasteiger partial charge in [-0.2, -0.15) is 0 Å². The summed E-state index contributed by atoms with van der Waals surface area (Å²) in [6.45, 7) is 8.10. The predicted octanol–water partition coefficient (Wildman–Crippen LogP) is 2.49. The molecule has 0 saturated carbocycles. The van der Waals surface area contributed by atoms with Gasteiger partial charge in [-0.15, -0.1) is 0 Å². The van der Waals surface area contributed by atoms with E-state index in [9.17, 15) is 52.6 Å². The van der Waals surface area contributed by atoms with Crippen molar-refractivity contribution in [2.75, 3.05) is 13.1 Å². The fraction of sp³-hybridized carbons (Fsp3) is 0.518. The molecule has 0 saturated heterocycles. The molecule has 7 atom stereocenters. The van der Waals surface area contributed by atoms with Crippen LogP contribution in [0.2, 0.25) is 0 Å². The number of carbonyl (C=O) groups is 9. The summed E-state index contributed by atoms with van der Waals surface area (Å²) in [5.41, 5.74) is 18.0. The van der Waals surface area contributed by atoms with Gasteiger partial charge >= 0.3 is 0 Å². The summed E-state index contributed by atoms with van der Waals surface area (Å²) in [4.78, 5) is 121. The van der Waals surface area contributed by atoms with Gasteiger partial charge < -0.3 is 53.8 Å². The fourth-order valence-electron chi connectivity index (χ4n) is 8.39. The maximum absolute atomic E-state index is 14.5. The summed E-state index contributed by atoms with van der Waals surface area (Å²) in [5, 5.41) is 29.4. The Bertz CT molecular complexity index is 2360. The van der Waals surface area contributed by atoms with Crippen LogP contribution in [-0.4, -0.2) is 114 Å². The number of amides is 9. The van der Waals surface area contributed by atoms with Crippen molar-refractivity contribution in [1.82, 2.24) is 48.1 Å². The highest BCUT2D eigenvalue weighted by molar-refractivity contribution is 5.97. The van der Waals surface area contributed by atoms with Crippen molar-refractivity contribution in [1.29, 1.82) is 0 Å². The number of nitrogens with one attached hydrogen (secondary N) is 9. The van der Waals surface area contributed by atoms with E-state index in [0.717, 1.165) is 6.42 Å². The maximum Gasteiger partial charge on any atom is 0.251 e. The third kappa shape index (κ3) is 24.3. The number of halogens is 1. The zero-order valence-electron chi connectivity index (χ0n) is 45.4. The zero-order valence-corrected chi connectivity index (χ0v) is 45.4. The number of carbonyl (C=O) groups excluding carboxylic acids is 9. The number of hydrogen-bond donors (Lipinski definition) is 12. The first-order valence-corrected chi connectivity index (χ1v) is 27.0. The Morgan fingerprint density at radius 3 is 1.53 bits per heavy atom.